The average Bonchev–Trinajstić information content (AvgIpc) is 2.48. The lowest BCUT2D eigenvalue weighted by molar-refractivity contribution is -0.148. The lowest BCUT2D eigenvalue weighted by Gasteiger charge is -2.15. The largest absolute Gasteiger partial charge is 0.466 e. The summed E-state index contributed by atoms with van der Waals surface area (Å²) >= 11 is 0. The van der Waals surface area contributed by atoms with Crippen LogP contribution >= 0.6 is 8.46 Å². The minimum atomic E-state index is -0.697. The van der Waals surface area contributed by atoms with Crippen LogP contribution in [0.3, 0.4) is 0 Å². The molecule has 0 heterocycles. The summed E-state index contributed by atoms with van der Waals surface area (Å²) in [6.45, 7) is 1.79. The Morgan fingerprint density at radius 3 is 2.60 bits per heavy atom. The molecule has 3 atom stereocenters. The van der Waals surface area contributed by atoms with Crippen molar-refractivity contribution in [2.24, 2.45) is 5.92 Å². The summed E-state index contributed by atoms with van der Waals surface area (Å²) in [5.74, 6) is -0.845. The van der Waals surface area contributed by atoms with Crippen molar-refractivity contribution >= 4 is 14.4 Å². The van der Waals surface area contributed by atoms with E-state index >= 15 is 0 Å². The number of carbonyl (C=O) groups is 1. The second kappa shape index (κ2) is 9.62. The maximum atomic E-state index is 11.9. The molecule has 0 spiro atoms. The molecular weight excluding hydrogens is 275 g/mol. The third-order valence-corrected chi connectivity index (χ3v) is 4.13. The lowest BCUT2D eigenvalue weighted by Crippen LogP contribution is -2.29. The van der Waals surface area contributed by atoms with Gasteiger partial charge in [-0.1, -0.05) is 34.9 Å². The number of carbonyl (C=O) groups excluding carboxylic acids is 1. The third kappa shape index (κ3) is 5.40. The molecule has 1 rings (SSSR count). The Balaban J connectivity index is 2.55. The molecule has 0 amide bonds. The maximum Gasteiger partial charge on any atom is 0.331 e. The molecule has 110 valence electrons. The second-order valence-corrected chi connectivity index (χ2v) is 5.62. The summed E-state index contributed by atoms with van der Waals surface area (Å²) in [4.78, 5) is 11.9. The van der Waals surface area contributed by atoms with Gasteiger partial charge in [-0.05, 0) is 31.7 Å². The summed E-state index contributed by atoms with van der Waals surface area (Å²) < 4.78 is 16.1. The minimum absolute atomic E-state index is 0.253. The van der Waals surface area contributed by atoms with E-state index in [1.54, 1.807) is 6.92 Å². The van der Waals surface area contributed by atoms with Crippen molar-refractivity contribution in [2.75, 3.05) is 13.2 Å². The van der Waals surface area contributed by atoms with Crippen LogP contribution in [0.25, 0.3) is 0 Å². The Hall–Kier alpha value is -1.25. The highest BCUT2D eigenvalue weighted by Gasteiger charge is 2.34. The molecule has 1 aromatic carbocycles. The van der Waals surface area contributed by atoms with Crippen molar-refractivity contribution in [3.05, 3.63) is 35.9 Å². The van der Waals surface area contributed by atoms with Crippen molar-refractivity contribution in [1.82, 2.24) is 0 Å². The van der Waals surface area contributed by atoms with Crippen LogP contribution in [-0.2, 0) is 20.5 Å². The fraction of sp³-hybridized carbons (Fsp3) is 0.533. The zero-order valence-electron chi connectivity index (χ0n) is 11.7. The molecule has 0 aromatic heterocycles. The number of hydrogen-bond donors (Lipinski definition) is 1. The Morgan fingerprint density at radius 2 is 2.05 bits per heavy atom. The van der Waals surface area contributed by atoms with Crippen molar-refractivity contribution in [3.8, 4) is 0 Å². The van der Waals surface area contributed by atoms with Crippen LogP contribution in [0.5, 0.6) is 0 Å². The first-order valence-electron chi connectivity index (χ1n) is 6.92. The Bertz CT molecular complexity index is 408. The molecule has 1 aromatic rings. The van der Waals surface area contributed by atoms with Crippen LogP contribution < -0.4 is 0 Å². The van der Waals surface area contributed by atoms with Gasteiger partial charge in [-0.15, -0.1) is 0 Å². The smallest absolute Gasteiger partial charge is 0.331 e. The molecule has 0 aliphatic heterocycles. The number of esters is 1. The first-order valence-corrected chi connectivity index (χ1v) is 7.90. The van der Waals surface area contributed by atoms with Crippen LogP contribution in [0.15, 0.2) is 30.3 Å². The molecule has 3 unspecified atom stereocenters. The fourth-order valence-corrected chi connectivity index (χ4v) is 2.69. The lowest BCUT2D eigenvalue weighted by atomic mass is 9.96. The molecule has 0 aliphatic carbocycles. The number of aliphatic hydroxyl groups is 1. The number of rotatable bonds is 9. The van der Waals surface area contributed by atoms with E-state index in [4.69, 9.17) is 4.74 Å². The van der Waals surface area contributed by atoms with E-state index in [-0.39, 0.29) is 12.6 Å². The highest BCUT2D eigenvalue weighted by molar-refractivity contribution is 7.24. The van der Waals surface area contributed by atoms with Gasteiger partial charge < -0.3 is 9.84 Å². The molecule has 0 saturated heterocycles. The number of hydrogen-bond acceptors (Lipinski definition) is 4. The van der Waals surface area contributed by atoms with Gasteiger partial charge in [-0.25, -0.2) is 0 Å². The summed E-state index contributed by atoms with van der Waals surface area (Å²) in [6, 6.07) is 10.0. The topological polar surface area (TPSA) is 63.6 Å². The standard InChI is InChI=1S/C15H21O4P/c1-2-19-15(17)13(14(11-16)20-18)10-6-9-12-7-4-3-5-8-12/h3-5,7-8,13-14,16H,2,6,9-11H2,1H3/p+1. The predicted molar refractivity (Wildman–Crippen MR) is 79.4 cm³/mol. The monoisotopic (exact) mass is 297 g/mol. The van der Waals surface area contributed by atoms with Crippen LogP contribution in [0.4, 0.5) is 0 Å². The zero-order chi connectivity index (χ0) is 14.8. The van der Waals surface area contributed by atoms with E-state index in [9.17, 15) is 14.5 Å². The molecule has 1 N–H and O–H groups in total. The Kier molecular flexibility index (Phi) is 8.08. The van der Waals surface area contributed by atoms with Crippen molar-refractivity contribution in [2.45, 2.75) is 31.8 Å². The summed E-state index contributed by atoms with van der Waals surface area (Å²) in [7, 11) is -0.697. The molecule has 0 aliphatic rings. The predicted octanol–water partition coefficient (Wildman–Crippen LogP) is 2.57. The fourth-order valence-electron chi connectivity index (χ4n) is 2.15. The van der Waals surface area contributed by atoms with Crippen LogP contribution in [0.1, 0.15) is 25.3 Å². The van der Waals surface area contributed by atoms with Gasteiger partial charge in [0, 0.05) is 0 Å². The summed E-state index contributed by atoms with van der Waals surface area (Å²) in [6.07, 6.45) is 2.24. The summed E-state index contributed by atoms with van der Waals surface area (Å²) in [5.41, 5.74) is 0.685. The number of aliphatic hydroxyl groups excluding tert-OH is 1. The first kappa shape index (κ1) is 16.8. The molecule has 0 radical (unpaired) electrons. The summed E-state index contributed by atoms with van der Waals surface area (Å²) in [5, 5.41) is 9.23. The second-order valence-electron chi connectivity index (χ2n) is 4.64. The van der Waals surface area contributed by atoms with E-state index in [2.05, 4.69) is 0 Å². The third-order valence-electron chi connectivity index (χ3n) is 3.25. The number of benzene rings is 1. The van der Waals surface area contributed by atoms with Gasteiger partial charge in [0.1, 0.15) is 5.92 Å². The highest BCUT2D eigenvalue weighted by atomic mass is 31.1. The maximum absolute atomic E-state index is 11.9. The Labute approximate surface area is 121 Å². The van der Waals surface area contributed by atoms with Crippen molar-refractivity contribution in [3.63, 3.8) is 0 Å². The SMILES string of the molecule is CCOC(=O)C(CCCc1ccccc1)C(CO)[PH+]=O. The van der Waals surface area contributed by atoms with Gasteiger partial charge in [0.25, 0.3) is 0 Å². The molecule has 0 saturated carbocycles. The molecule has 0 fully saturated rings. The van der Waals surface area contributed by atoms with Crippen LogP contribution in [-0.4, -0.2) is 29.9 Å². The molecule has 20 heavy (non-hydrogen) atoms. The van der Waals surface area contributed by atoms with Gasteiger partial charge in [0.05, 0.1) is 13.2 Å². The number of ether oxygens (including phenoxy) is 1. The van der Waals surface area contributed by atoms with E-state index in [0.29, 0.717) is 13.0 Å². The normalized spacial score (nSPS) is 13.9. The van der Waals surface area contributed by atoms with Gasteiger partial charge in [-0.2, -0.15) is 0 Å². The molecule has 0 bridgehead atoms. The first-order chi connectivity index (χ1) is 9.72. The molecule has 5 heteroatoms. The molecule has 4 nitrogen and oxygen atoms in total. The van der Waals surface area contributed by atoms with Gasteiger partial charge >= 0.3 is 14.4 Å². The zero-order valence-corrected chi connectivity index (χ0v) is 12.7. The highest BCUT2D eigenvalue weighted by Crippen LogP contribution is 2.24. The van der Waals surface area contributed by atoms with E-state index in [1.165, 1.54) is 5.56 Å². The van der Waals surface area contributed by atoms with E-state index in [0.717, 1.165) is 12.8 Å². The van der Waals surface area contributed by atoms with Crippen LogP contribution in [0, 0.1) is 5.92 Å². The average molecular weight is 297 g/mol. The number of aryl methyl sites for hydroxylation is 1. The Morgan fingerprint density at radius 1 is 1.35 bits per heavy atom. The van der Waals surface area contributed by atoms with Gasteiger partial charge in [0.2, 0.25) is 0 Å². The van der Waals surface area contributed by atoms with Gasteiger partial charge in [-0.3, -0.25) is 4.79 Å². The van der Waals surface area contributed by atoms with E-state index < -0.39 is 20.0 Å². The van der Waals surface area contributed by atoms with Crippen molar-refractivity contribution in [1.29, 1.82) is 0 Å². The van der Waals surface area contributed by atoms with Crippen molar-refractivity contribution < 1.29 is 19.2 Å². The van der Waals surface area contributed by atoms with Crippen LogP contribution in [0.2, 0.25) is 0 Å². The van der Waals surface area contributed by atoms with Gasteiger partial charge in [0.15, 0.2) is 5.66 Å². The quantitative estimate of drug-likeness (QED) is 0.562. The minimum Gasteiger partial charge on any atom is -0.466 e. The van der Waals surface area contributed by atoms with E-state index in [1.807, 2.05) is 30.3 Å². The molecular formula is C15H22O4P+.